The molecule has 18 heavy (non-hydrogen) atoms. The first-order valence-electron chi connectivity index (χ1n) is 7.03. The summed E-state index contributed by atoms with van der Waals surface area (Å²) < 4.78 is 11.0. The third kappa shape index (κ3) is 2.29. The second-order valence-electron chi connectivity index (χ2n) is 5.32. The number of hydrogen-bond acceptors (Lipinski definition) is 5. The first kappa shape index (κ1) is 12.1. The minimum absolute atomic E-state index is 0.220. The molecule has 5 nitrogen and oxygen atoms in total. The van der Waals surface area contributed by atoms with Gasteiger partial charge in [0.05, 0.1) is 19.1 Å². The van der Waals surface area contributed by atoms with Crippen LogP contribution in [0.5, 0.6) is 0 Å². The Hall–Kier alpha value is -0.940. The van der Waals surface area contributed by atoms with Crippen LogP contribution in [0.4, 0.5) is 0 Å². The van der Waals surface area contributed by atoms with E-state index >= 15 is 0 Å². The Morgan fingerprint density at radius 1 is 1.33 bits per heavy atom. The highest BCUT2D eigenvalue weighted by atomic mass is 16.5. The van der Waals surface area contributed by atoms with Crippen LogP contribution in [-0.2, 0) is 4.74 Å². The van der Waals surface area contributed by atoms with E-state index in [0.717, 1.165) is 31.3 Å². The van der Waals surface area contributed by atoms with Crippen LogP contribution >= 0.6 is 0 Å². The Morgan fingerprint density at radius 2 is 2.22 bits per heavy atom. The summed E-state index contributed by atoms with van der Waals surface area (Å²) in [7, 11) is 0. The number of hydrogen-bond donors (Lipinski definition) is 1. The van der Waals surface area contributed by atoms with Crippen molar-refractivity contribution < 1.29 is 9.26 Å². The molecule has 100 valence electrons. The number of nitrogens with one attached hydrogen (secondary N) is 1. The monoisotopic (exact) mass is 251 g/mol. The van der Waals surface area contributed by atoms with E-state index in [-0.39, 0.29) is 5.92 Å². The fraction of sp³-hybridized carbons (Fsp3) is 0.846. The van der Waals surface area contributed by atoms with Crippen molar-refractivity contribution in [3.8, 4) is 0 Å². The predicted molar refractivity (Wildman–Crippen MR) is 66.5 cm³/mol. The van der Waals surface area contributed by atoms with E-state index in [0.29, 0.717) is 18.6 Å². The molecule has 2 fully saturated rings. The van der Waals surface area contributed by atoms with Crippen LogP contribution in [0.3, 0.4) is 0 Å². The van der Waals surface area contributed by atoms with Crippen LogP contribution in [0.2, 0.25) is 0 Å². The Bertz CT molecular complexity index is 389. The lowest BCUT2D eigenvalue weighted by atomic mass is 9.85. The summed E-state index contributed by atoms with van der Waals surface area (Å²) in [4.78, 5) is 4.57. The molecule has 0 amide bonds. The van der Waals surface area contributed by atoms with Gasteiger partial charge in [-0.2, -0.15) is 4.98 Å². The third-order valence-electron chi connectivity index (χ3n) is 3.98. The first-order chi connectivity index (χ1) is 8.88. The normalized spacial score (nSPS) is 28.5. The molecule has 2 aliphatic rings. The van der Waals surface area contributed by atoms with Gasteiger partial charge in [0.25, 0.3) is 0 Å². The average molecular weight is 251 g/mol. The lowest BCUT2D eigenvalue weighted by Crippen LogP contribution is -2.35. The molecule has 3 rings (SSSR count). The maximum Gasteiger partial charge on any atom is 0.233 e. The van der Waals surface area contributed by atoms with Gasteiger partial charge in [0.1, 0.15) is 0 Å². The fourth-order valence-electron chi connectivity index (χ4n) is 2.56. The zero-order chi connectivity index (χ0) is 12.4. The van der Waals surface area contributed by atoms with Crippen molar-refractivity contribution in [3.05, 3.63) is 11.7 Å². The summed E-state index contributed by atoms with van der Waals surface area (Å²) >= 11 is 0. The maximum absolute atomic E-state index is 5.54. The molecule has 1 N–H and O–H groups in total. The number of rotatable bonds is 5. The van der Waals surface area contributed by atoms with Crippen molar-refractivity contribution in [1.29, 1.82) is 0 Å². The molecule has 2 unspecified atom stereocenters. The lowest BCUT2D eigenvalue weighted by molar-refractivity contribution is 0.184. The summed E-state index contributed by atoms with van der Waals surface area (Å²) in [5.41, 5.74) is 0. The molecule has 2 heterocycles. The summed E-state index contributed by atoms with van der Waals surface area (Å²) in [6.45, 7) is 4.60. The molecule has 1 saturated carbocycles. The van der Waals surface area contributed by atoms with E-state index in [1.807, 2.05) is 0 Å². The molecule has 5 heteroatoms. The Labute approximate surface area is 107 Å². The molecule has 0 bridgehead atoms. The zero-order valence-corrected chi connectivity index (χ0v) is 10.9. The molecular formula is C13H21N3O2. The summed E-state index contributed by atoms with van der Waals surface area (Å²) in [5.74, 6) is 2.41. The van der Waals surface area contributed by atoms with E-state index in [4.69, 9.17) is 9.26 Å². The predicted octanol–water partition coefficient (Wildman–Crippen LogP) is 1.82. The Kier molecular flexibility index (Phi) is 3.61. The van der Waals surface area contributed by atoms with Gasteiger partial charge in [-0.05, 0) is 25.8 Å². The Balaban J connectivity index is 1.66. The molecule has 0 radical (unpaired) electrons. The standard InChI is InChI=1S/C13H21N3O2/c1-2-6-14-11-8-17-7-10(11)13-15-12(16-18-13)9-4-3-5-9/h9-11,14H,2-8H2,1H3. The Morgan fingerprint density at radius 3 is 2.94 bits per heavy atom. The van der Waals surface area contributed by atoms with Crippen LogP contribution in [0, 0.1) is 0 Å². The second kappa shape index (κ2) is 5.36. The molecule has 0 spiro atoms. The van der Waals surface area contributed by atoms with Crippen LogP contribution in [0.15, 0.2) is 4.52 Å². The molecule has 1 aromatic rings. The SMILES string of the molecule is CCCNC1COCC1c1nc(C2CCC2)no1. The zero-order valence-electron chi connectivity index (χ0n) is 10.9. The van der Waals surface area contributed by atoms with Crippen molar-refractivity contribution in [2.45, 2.75) is 50.5 Å². The number of aromatic nitrogens is 2. The largest absolute Gasteiger partial charge is 0.379 e. The highest BCUT2D eigenvalue weighted by Crippen LogP contribution is 2.35. The third-order valence-corrected chi connectivity index (χ3v) is 3.98. The minimum atomic E-state index is 0.220. The summed E-state index contributed by atoms with van der Waals surface area (Å²) in [5, 5.41) is 7.62. The van der Waals surface area contributed by atoms with Crippen LogP contribution in [-0.4, -0.2) is 35.9 Å². The molecular weight excluding hydrogens is 230 g/mol. The van der Waals surface area contributed by atoms with Gasteiger partial charge in [-0.1, -0.05) is 18.5 Å². The smallest absolute Gasteiger partial charge is 0.233 e. The summed E-state index contributed by atoms with van der Waals surface area (Å²) in [6.07, 6.45) is 4.83. The quantitative estimate of drug-likeness (QED) is 0.865. The van der Waals surface area contributed by atoms with E-state index < -0.39 is 0 Å². The van der Waals surface area contributed by atoms with Gasteiger partial charge < -0.3 is 14.6 Å². The molecule has 0 aromatic carbocycles. The van der Waals surface area contributed by atoms with Gasteiger partial charge >= 0.3 is 0 Å². The molecule has 1 aliphatic carbocycles. The van der Waals surface area contributed by atoms with Gasteiger partial charge in [-0.25, -0.2) is 0 Å². The van der Waals surface area contributed by atoms with Crippen molar-refractivity contribution in [2.75, 3.05) is 19.8 Å². The van der Waals surface area contributed by atoms with Crippen LogP contribution in [0.1, 0.15) is 56.2 Å². The fourth-order valence-corrected chi connectivity index (χ4v) is 2.56. The van der Waals surface area contributed by atoms with E-state index in [2.05, 4.69) is 22.4 Å². The van der Waals surface area contributed by atoms with Gasteiger partial charge in [-0.15, -0.1) is 0 Å². The molecule has 1 saturated heterocycles. The van der Waals surface area contributed by atoms with Gasteiger partial charge in [0.15, 0.2) is 5.82 Å². The second-order valence-corrected chi connectivity index (χ2v) is 5.32. The topological polar surface area (TPSA) is 60.2 Å². The van der Waals surface area contributed by atoms with Gasteiger partial charge in [-0.3, -0.25) is 0 Å². The maximum atomic E-state index is 5.54. The molecule has 1 aliphatic heterocycles. The average Bonchev–Trinajstić information content (AvgIpc) is 2.91. The van der Waals surface area contributed by atoms with Gasteiger partial charge in [0, 0.05) is 12.0 Å². The van der Waals surface area contributed by atoms with Crippen molar-refractivity contribution >= 4 is 0 Å². The highest BCUT2D eigenvalue weighted by molar-refractivity contribution is 5.06. The highest BCUT2D eigenvalue weighted by Gasteiger charge is 2.34. The minimum Gasteiger partial charge on any atom is -0.379 e. The van der Waals surface area contributed by atoms with E-state index in [1.165, 1.54) is 19.3 Å². The lowest BCUT2D eigenvalue weighted by Gasteiger charge is -2.21. The van der Waals surface area contributed by atoms with Crippen LogP contribution in [0.25, 0.3) is 0 Å². The van der Waals surface area contributed by atoms with Crippen molar-refractivity contribution in [1.82, 2.24) is 15.5 Å². The summed E-state index contributed by atoms with van der Waals surface area (Å²) in [6, 6.07) is 0.319. The van der Waals surface area contributed by atoms with E-state index in [9.17, 15) is 0 Å². The van der Waals surface area contributed by atoms with Crippen molar-refractivity contribution in [2.24, 2.45) is 0 Å². The van der Waals surface area contributed by atoms with E-state index in [1.54, 1.807) is 0 Å². The van der Waals surface area contributed by atoms with Crippen molar-refractivity contribution in [3.63, 3.8) is 0 Å². The number of ether oxygens (including phenoxy) is 1. The number of nitrogens with zero attached hydrogens (tertiary/aromatic N) is 2. The molecule has 2 atom stereocenters. The van der Waals surface area contributed by atoms with Crippen LogP contribution < -0.4 is 5.32 Å². The van der Waals surface area contributed by atoms with Gasteiger partial charge in [0.2, 0.25) is 5.89 Å². The first-order valence-corrected chi connectivity index (χ1v) is 7.03. The molecule has 1 aromatic heterocycles.